The number of nitrogens with zero attached hydrogens (tertiary/aromatic N) is 3. The normalized spacial score (nSPS) is 16.3. The molecule has 2 aromatic rings. The fourth-order valence-electron chi connectivity index (χ4n) is 2.58. The van der Waals surface area contributed by atoms with Crippen molar-refractivity contribution in [3.05, 3.63) is 30.6 Å². The first-order valence-electron chi connectivity index (χ1n) is 7.30. The van der Waals surface area contributed by atoms with Crippen LogP contribution in [-0.2, 0) is 11.3 Å². The minimum Gasteiger partial charge on any atom is -0.325 e. The number of anilines is 1. The van der Waals surface area contributed by atoms with E-state index in [0.717, 1.165) is 43.0 Å². The Morgan fingerprint density at radius 1 is 1.43 bits per heavy atom. The molecule has 1 fully saturated rings. The first kappa shape index (κ1) is 19.4. The summed E-state index contributed by atoms with van der Waals surface area (Å²) >= 11 is 0. The van der Waals surface area contributed by atoms with Crippen LogP contribution in [-0.4, -0.2) is 33.3 Å². The van der Waals surface area contributed by atoms with Gasteiger partial charge in [-0.05, 0) is 38.4 Å². The quantitative estimate of drug-likeness (QED) is 0.881. The molecule has 0 spiro atoms. The third kappa shape index (κ3) is 4.43. The molecule has 1 aromatic heterocycles. The van der Waals surface area contributed by atoms with Crippen molar-refractivity contribution in [3.8, 4) is 11.4 Å². The molecule has 0 radical (unpaired) electrons. The van der Waals surface area contributed by atoms with Crippen LogP contribution in [0, 0.1) is 0 Å². The maximum absolute atomic E-state index is 12.1. The number of aryl methyl sites for hydroxylation is 1. The van der Waals surface area contributed by atoms with Gasteiger partial charge in [0.1, 0.15) is 6.33 Å². The Labute approximate surface area is 147 Å². The molecule has 1 atom stereocenters. The minimum atomic E-state index is -0.0760. The molecule has 3 rings (SSSR count). The molecule has 126 valence electrons. The Kier molecular flexibility index (Phi) is 7.48. The van der Waals surface area contributed by atoms with Crippen molar-refractivity contribution >= 4 is 36.4 Å². The molecule has 0 aliphatic carbocycles. The molecule has 1 unspecified atom stereocenters. The maximum atomic E-state index is 12.1. The van der Waals surface area contributed by atoms with E-state index in [9.17, 15) is 4.79 Å². The Morgan fingerprint density at radius 3 is 2.96 bits per heavy atom. The highest BCUT2D eigenvalue weighted by atomic mass is 35.5. The van der Waals surface area contributed by atoms with Gasteiger partial charge in [0.15, 0.2) is 5.82 Å². The largest absolute Gasteiger partial charge is 0.325 e. The zero-order valence-electron chi connectivity index (χ0n) is 12.9. The zero-order chi connectivity index (χ0) is 14.7. The van der Waals surface area contributed by atoms with Crippen LogP contribution in [0.2, 0.25) is 0 Å². The van der Waals surface area contributed by atoms with Crippen LogP contribution in [0.25, 0.3) is 11.4 Å². The van der Waals surface area contributed by atoms with Gasteiger partial charge in [-0.2, -0.15) is 0 Å². The van der Waals surface area contributed by atoms with Crippen LogP contribution < -0.4 is 10.6 Å². The summed E-state index contributed by atoms with van der Waals surface area (Å²) in [5.41, 5.74) is 1.74. The summed E-state index contributed by atoms with van der Waals surface area (Å²) in [6, 6.07) is 7.64. The Balaban J connectivity index is 0.00000132. The molecular weight excluding hydrogens is 337 g/mol. The molecule has 1 aliphatic rings. The fraction of sp³-hybridized carbons (Fsp3) is 0.400. The van der Waals surface area contributed by atoms with Crippen LogP contribution >= 0.6 is 24.8 Å². The first-order valence-corrected chi connectivity index (χ1v) is 7.30. The average Bonchev–Trinajstić information content (AvgIpc) is 3.18. The predicted molar refractivity (Wildman–Crippen MR) is 95.3 cm³/mol. The number of rotatable bonds is 4. The number of benzene rings is 1. The SMILES string of the molecule is CCn1cnnc1-c1cccc(NC(=O)C2CCCN2)c1.Cl.Cl. The van der Waals surface area contributed by atoms with E-state index in [0.29, 0.717) is 0 Å². The molecule has 1 amide bonds. The monoisotopic (exact) mass is 357 g/mol. The summed E-state index contributed by atoms with van der Waals surface area (Å²) in [4.78, 5) is 12.1. The van der Waals surface area contributed by atoms with Gasteiger partial charge in [-0.15, -0.1) is 35.0 Å². The van der Waals surface area contributed by atoms with Gasteiger partial charge in [-0.1, -0.05) is 12.1 Å². The molecule has 0 saturated carbocycles. The van der Waals surface area contributed by atoms with Crippen LogP contribution in [0.5, 0.6) is 0 Å². The topological polar surface area (TPSA) is 71.8 Å². The average molecular weight is 358 g/mol. The summed E-state index contributed by atoms with van der Waals surface area (Å²) in [6.45, 7) is 3.77. The van der Waals surface area contributed by atoms with E-state index >= 15 is 0 Å². The van der Waals surface area contributed by atoms with Crippen LogP contribution in [0.15, 0.2) is 30.6 Å². The summed E-state index contributed by atoms with van der Waals surface area (Å²) in [6.07, 6.45) is 3.66. The van der Waals surface area contributed by atoms with Gasteiger partial charge in [-0.3, -0.25) is 4.79 Å². The highest BCUT2D eigenvalue weighted by Gasteiger charge is 2.22. The first-order chi connectivity index (χ1) is 10.3. The second-order valence-corrected chi connectivity index (χ2v) is 5.16. The van der Waals surface area contributed by atoms with Gasteiger partial charge in [-0.25, -0.2) is 0 Å². The van der Waals surface area contributed by atoms with Gasteiger partial charge in [0.2, 0.25) is 5.91 Å². The lowest BCUT2D eigenvalue weighted by molar-refractivity contribution is -0.117. The maximum Gasteiger partial charge on any atom is 0.241 e. The zero-order valence-corrected chi connectivity index (χ0v) is 14.5. The number of amides is 1. The highest BCUT2D eigenvalue weighted by molar-refractivity contribution is 5.95. The van der Waals surface area contributed by atoms with E-state index in [2.05, 4.69) is 20.8 Å². The minimum absolute atomic E-state index is 0. The van der Waals surface area contributed by atoms with Crippen LogP contribution in [0.1, 0.15) is 19.8 Å². The van der Waals surface area contributed by atoms with Crippen molar-refractivity contribution < 1.29 is 4.79 Å². The Hall–Kier alpha value is -1.63. The molecule has 23 heavy (non-hydrogen) atoms. The molecule has 0 bridgehead atoms. The van der Waals surface area contributed by atoms with E-state index in [4.69, 9.17) is 0 Å². The molecule has 8 heteroatoms. The number of nitrogens with one attached hydrogen (secondary N) is 2. The molecule has 1 aliphatic heterocycles. The molecular formula is C15H21Cl2N5O. The number of hydrogen-bond donors (Lipinski definition) is 2. The van der Waals surface area contributed by atoms with Gasteiger partial charge >= 0.3 is 0 Å². The number of hydrogen-bond acceptors (Lipinski definition) is 4. The van der Waals surface area contributed by atoms with Crippen molar-refractivity contribution in [1.29, 1.82) is 0 Å². The highest BCUT2D eigenvalue weighted by Crippen LogP contribution is 2.21. The lowest BCUT2D eigenvalue weighted by Gasteiger charge is -2.12. The van der Waals surface area contributed by atoms with Crippen molar-refractivity contribution in [1.82, 2.24) is 20.1 Å². The van der Waals surface area contributed by atoms with E-state index in [1.807, 2.05) is 35.8 Å². The van der Waals surface area contributed by atoms with Crippen molar-refractivity contribution in [3.63, 3.8) is 0 Å². The van der Waals surface area contributed by atoms with Gasteiger partial charge in [0, 0.05) is 17.8 Å². The number of aromatic nitrogens is 3. The van der Waals surface area contributed by atoms with E-state index < -0.39 is 0 Å². The van der Waals surface area contributed by atoms with E-state index in [1.165, 1.54) is 0 Å². The third-order valence-corrected chi connectivity index (χ3v) is 3.72. The Morgan fingerprint density at radius 2 is 2.26 bits per heavy atom. The number of carbonyl (C=O) groups excluding carboxylic acids is 1. The predicted octanol–water partition coefficient (Wildman–Crippen LogP) is 2.50. The Bertz CT molecular complexity index is 640. The standard InChI is InChI=1S/C15H19N5O.2ClH/c1-2-20-10-17-19-14(20)11-5-3-6-12(9-11)18-15(21)13-7-4-8-16-13;;/h3,5-6,9-10,13,16H,2,4,7-8H2,1H3,(H,18,21);2*1H. The lowest BCUT2D eigenvalue weighted by atomic mass is 10.1. The molecule has 6 nitrogen and oxygen atoms in total. The van der Waals surface area contributed by atoms with E-state index in [1.54, 1.807) is 6.33 Å². The van der Waals surface area contributed by atoms with Crippen molar-refractivity contribution in [2.75, 3.05) is 11.9 Å². The van der Waals surface area contributed by atoms with Crippen LogP contribution in [0.3, 0.4) is 0 Å². The smallest absolute Gasteiger partial charge is 0.241 e. The second-order valence-electron chi connectivity index (χ2n) is 5.16. The molecule has 2 N–H and O–H groups in total. The lowest BCUT2D eigenvalue weighted by Crippen LogP contribution is -2.35. The van der Waals surface area contributed by atoms with Gasteiger partial charge in [0.25, 0.3) is 0 Å². The fourth-order valence-corrected chi connectivity index (χ4v) is 2.58. The summed E-state index contributed by atoms with van der Waals surface area (Å²) in [7, 11) is 0. The summed E-state index contributed by atoms with van der Waals surface area (Å²) in [5.74, 6) is 0.842. The number of halogens is 2. The molecule has 1 aromatic carbocycles. The number of carbonyl (C=O) groups is 1. The van der Waals surface area contributed by atoms with Crippen molar-refractivity contribution in [2.24, 2.45) is 0 Å². The van der Waals surface area contributed by atoms with Crippen molar-refractivity contribution in [2.45, 2.75) is 32.4 Å². The molecule has 2 heterocycles. The second kappa shape index (κ2) is 8.86. The summed E-state index contributed by atoms with van der Waals surface area (Å²) in [5, 5.41) is 14.2. The summed E-state index contributed by atoms with van der Waals surface area (Å²) < 4.78 is 1.97. The van der Waals surface area contributed by atoms with Crippen LogP contribution in [0.4, 0.5) is 5.69 Å². The van der Waals surface area contributed by atoms with E-state index in [-0.39, 0.29) is 36.8 Å². The molecule has 1 saturated heterocycles. The van der Waals surface area contributed by atoms with Gasteiger partial charge < -0.3 is 15.2 Å². The van der Waals surface area contributed by atoms with Gasteiger partial charge in [0.05, 0.1) is 6.04 Å². The third-order valence-electron chi connectivity index (χ3n) is 3.72.